The predicted molar refractivity (Wildman–Crippen MR) is 60.1 cm³/mol. The third-order valence-electron chi connectivity index (χ3n) is 3.68. The fraction of sp³-hybridized carbons (Fsp3) is 0.818. The highest BCUT2D eigenvalue weighted by Gasteiger charge is 2.38. The molecule has 5 heteroatoms. The molecule has 1 aliphatic carbocycles. The van der Waals surface area contributed by atoms with Crippen molar-refractivity contribution in [3.05, 3.63) is 0 Å². The lowest BCUT2D eigenvalue weighted by molar-refractivity contribution is -0.131. The zero-order chi connectivity index (χ0) is 11.5. The Kier molecular flexibility index (Phi) is 3.31. The largest absolute Gasteiger partial charge is 0.409 e. The van der Waals surface area contributed by atoms with E-state index in [0.29, 0.717) is 18.9 Å². The second-order valence-corrected chi connectivity index (χ2v) is 4.67. The van der Waals surface area contributed by atoms with Gasteiger partial charge < -0.3 is 15.8 Å². The summed E-state index contributed by atoms with van der Waals surface area (Å²) in [5.74, 6) is 0.333. The molecule has 2 rings (SSSR count). The SMILES string of the molecule is N/C(=N\O)C1CCC(=O)N1C1CCCCC1. The second kappa shape index (κ2) is 4.72. The number of hydrogen-bond donors (Lipinski definition) is 2. The number of amidine groups is 1. The first-order chi connectivity index (χ1) is 7.74. The molecular formula is C11H19N3O2. The van der Waals surface area contributed by atoms with Crippen LogP contribution >= 0.6 is 0 Å². The number of carbonyl (C=O) groups is 1. The number of nitrogens with two attached hydrogens (primary N) is 1. The molecule has 0 spiro atoms. The molecule has 1 heterocycles. The number of hydrogen-bond acceptors (Lipinski definition) is 3. The van der Waals surface area contributed by atoms with Crippen LogP contribution in [0.2, 0.25) is 0 Å². The lowest BCUT2D eigenvalue weighted by atomic mass is 9.93. The minimum Gasteiger partial charge on any atom is -0.409 e. The Labute approximate surface area is 95.3 Å². The molecule has 0 bridgehead atoms. The van der Waals surface area contributed by atoms with Crippen LogP contribution < -0.4 is 5.73 Å². The lowest BCUT2D eigenvalue weighted by Crippen LogP contribution is -2.48. The van der Waals surface area contributed by atoms with Gasteiger partial charge >= 0.3 is 0 Å². The van der Waals surface area contributed by atoms with Crippen molar-refractivity contribution in [3.63, 3.8) is 0 Å². The molecule has 3 N–H and O–H groups in total. The maximum absolute atomic E-state index is 11.8. The van der Waals surface area contributed by atoms with E-state index in [1.807, 2.05) is 4.90 Å². The van der Waals surface area contributed by atoms with Gasteiger partial charge in [0.25, 0.3) is 0 Å². The molecule has 1 atom stereocenters. The molecule has 0 aromatic carbocycles. The van der Waals surface area contributed by atoms with E-state index in [2.05, 4.69) is 5.16 Å². The van der Waals surface area contributed by atoms with Gasteiger partial charge in [0.2, 0.25) is 5.91 Å². The van der Waals surface area contributed by atoms with Crippen LogP contribution in [0.3, 0.4) is 0 Å². The summed E-state index contributed by atoms with van der Waals surface area (Å²) in [7, 11) is 0. The van der Waals surface area contributed by atoms with Crippen molar-refractivity contribution in [2.75, 3.05) is 0 Å². The molecular weight excluding hydrogens is 206 g/mol. The standard InChI is InChI=1S/C11H19N3O2/c12-11(13-16)9-6-7-10(15)14(9)8-4-2-1-3-5-8/h8-9,16H,1-7H2,(H2,12,13). The number of carbonyl (C=O) groups excluding carboxylic acids is 1. The quantitative estimate of drug-likeness (QED) is 0.319. The Morgan fingerprint density at radius 1 is 1.31 bits per heavy atom. The van der Waals surface area contributed by atoms with Gasteiger partial charge in [0.15, 0.2) is 5.84 Å². The molecule has 1 saturated carbocycles. The summed E-state index contributed by atoms with van der Waals surface area (Å²) in [6, 6.07) is 0.120. The van der Waals surface area contributed by atoms with Crippen molar-refractivity contribution >= 4 is 11.7 Å². The Hall–Kier alpha value is -1.26. The molecule has 90 valence electrons. The van der Waals surface area contributed by atoms with E-state index in [4.69, 9.17) is 10.9 Å². The smallest absolute Gasteiger partial charge is 0.223 e. The summed E-state index contributed by atoms with van der Waals surface area (Å²) in [6.07, 6.45) is 6.94. The van der Waals surface area contributed by atoms with Crippen LogP contribution in [0.25, 0.3) is 0 Å². The summed E-state index contributed by atoms with van der Waals surface area (Å²) in [5.41, 5.74) is 5.64. The average molecular weight is 225 g/mol. The molecule has 1 unspecified atom stereocenters. The molecule has 2 aliphatic rings. The van der Waals surface area contributed by atoms with Gasteiger partial charge in [-0.15, -0.1) is 0 Å². The van der Waals surface area contributed by atoms with E-state index in [1.54, 1.807) is 0 Å². The van der Waals surface area contributed by atoms with E-state index in [0.717, 1.165) is 12.8 Å². The Bertz CT molecular complexity index is 298. The van der Waals surface area contributed by atoms with E-state index >= 15 is 0 Å². The molecule has 1 aliphatic heterocycles. The molecule has 5 nitrogen and oxygen atoms in total. The van der Waals surface area contributed by atoms with Crippen LogP contribution in [0, 0.1) is 0 Å². The van der Waals surface area contributed by atoms with Gasteiger partial charge in [0, 0.05) is 12.5 Å². The first-order valence-electron chi connectivity index (χ1n) is 6.02. The van der Waals surface area contributed by atoms with Gasteiger partial charge in [0.1, 0.15) is 0 Å². The molecule has 1 saturated heterocycles. The summed E-state index contributed by atoms with van der Waals surface area (Å²) < 4.78 is 0. The van der Waals surface area contributed by atoms with Gasteiger partial charge in [0.05, 0.1) is 6.04 Å². The molecule has 1 amide bonds. The summed E-state index contributed by atoms with van der Waals surface area (Å²) in [6.45, 7) is 0. The highest BCUT2D eigenvalue weighted by atomic mass is 16.4. The monoisotopic (exact) mass is 225 g/mol. The highest BCUT2D eigenvalue weighted by molar-refractivity contribution is 5.93. The number of likely N-dealkylation sites (tertiary alicyclic amines) is 1. The molecule has 0 aromatic heterocycles. The summed E-state index contributed by atoms with van der Waals surface area (Å²) in [4.78, 5) is 13.7. The lowest BCUT2D eigenvalue weighted by Gasteiger charge is -2.35. The Morgan fingerprint density at radius 2 is 2.00 bits per heavy atom. The molecule has 16 heavy (non-hydrogen) atoms. The molecule has 0 radical (unpaired) electrons. The number of nitrogens with zero attached hydrogens (tertiary/aromatic N) is 2. The van der Waals surface area contributed by atoms with Crippen LogP contribution in [0.1, 0.15) is 44.9 Å². The van der Waals surface area contributed by atoms with Crippen molar-refractivity contribution < 1.29 is 10.0 Å². The average Bonchev–Trinajstić information content (AvgIpc) is 2.71. The first-order valence-corrected chi connectivity index (χ1v) is 6.02. The summed E-state index contributed by atoms with van der Waals surface area (Å²) >= 11 is 0. The van der Waals surface area contributed by atoms with Crippen LogP contribution in [-0.2, 0) is 4.79 Å². The number of rotatable bonds is 2. The van der Waals surface area contributed by atoms with Crippen molar-refractivity contribution in [2.45, 2.75) is 57.0 Å². The minimum atomic E-state index is -0.180. The fourth-order valence-corrected chi connectivity index (χ4v) is 2.88. The fourth-order valence-electron chi connectivity index (χ4n) is 2.88. The van der Waals surface area contributed by atoms with E-state index < -0.39 is 0 Å². The van der Waals surface area contributed by atoms with Crippen molar-refractivity contribution in [3.8, 4) is 0 Å². The van der Waals surface area contributed by atoms with Crippen molar-refractivity contribution in [2.24, 2.45) is 10.9 Å². The van der Waals surface area contributed by atoms with Crippen LogP contribution in [0.5, 0.6) is 0 Å². The predicted octanol–water partition coefficient (Wildman–Crippen LogP) is 1.06. The summed E-state index contributed by atoms with van der Waals surface area (Å²) in [5, 5.41) is 11.8. The van der Waals surface area contributed by atoms with Gasteiger partial charge in [-0.05, 0) is 19.3 Å². The number of oxime groups is 1. The van der Waals surface area contributed by atoms with Crippen molar-refractivity contribution in [1.29, 1.82) is 0 Å². The van der Waals surface area contributed by atoms with Gasteiger partial charge in [-0.3, -0.25) is 4.79 Å². The normalized spacial score (nSPS) is 28.8. The Morgan fingerprint density at radius 3 is 2.62 bits per heavy atom. The second-order valence-electron chi connectivity index (χ2n) is 4.67. The number of amides is 1. The minimum absolute atomic E-state index is 0.156. The zero-order valence-electron chi connectivity index (χ0n) is 9.43. The highest BCUT2D eigenvalue weighted by Crippen LogP contribution is 2.29. The first kappa shape index (κ1) is 11.2. The third kappa shape index (κ3) is 1.99. The third-order valence-corrected chi connectivity index (χ3v) is 3.68. The maximum atomic E-state index is 11.8. The Balaban J connectivity index is 2.11. The van der Waals surface area contributed by atoms with E-state index in [1.165, 1.54) is 19.3 Å². The van der Waals surface area contributed by atoms with Gasteiger partial charge in [-0.2, -0.15) is 0 Å². The van der Waals surface area contributed by atoms with E-state index in [9.17, 15) is 4.79 Å². The maximum Gasteiger partial charge on any atom is 0.223 e. The van der Waals surface area contributed by atoms with E-state index in [-0.39, 0.29) is 17.8 Å². The van der Waals surface area contributed by atoms with Crippen LogP contribution in [0.4, 0.5) is 0 Å². The van der Waals surface area contributed by atoms with Crippen LogP contribution in [0.15, 0.2) is 5.16 Å². The molecule has 2 fully saturated rings. The van der Waals surface area contributed by atoms with Crippen LogP contribution in [-0.4, -0.2) is 33.9 Å². The zero-order valence-corrected chi connectivity index (χ0v) is 9.43. The topological polar surface area (TPSA) is 78.9 Å². The van der Waals surface area contributed by atoms with Gasteiger partial charge in [-0.25, -0.2) is 0 Å². The molecule has 0 aromatic rings. The van der Waals surface area contributed by atoms with Crippen molar-refractivity contribution in [1.82, 2.24) is 4.90 Å². The van der Waals surface area contributed by atoms with Gasteiger partial charge in [-0.1, -0.05) is 24.4 Å².